The fourth-order valence-electron chi connectivity index (χ4n) is 1.82. The number of hydrogen-bond donors (Lipinski definition) is 2. The normalized spacial score (nSPS) is 17.0. The van der Waals surface area contributed by atoms with Crippen LogP contribution >= 0.6 is 0 Å². The van der Waals surface area contributed by atoms with Crippen LogP contribution in [0.4, 0.5) is 0 Å². The molecule has 0 aromatic carbocycles. The van der Waals surface area contributed by atoms with Gasteiger partial charge in [-0.05, 0) is 37.3 Å². The third kappa shape index (κ3) is 5.16. The van der Waals surface area contributed by atoms with Crippen molar-refractivity contribution in [3.05, 3.63) is 18.0 Å². The summed E-state index contributed by atoms with van der Waals surface area (Å²) in [5.41, 5.74) is 1.21. The van der Waals surface area contributed by atoms with Crippen molar-refractivity contribution in [1.29, 1.82) is 0 Å². The van der Waals surface area contributed by atoms with Crippen molar-refractivity contribution in [2.24, 2.45) is 13.0 Å². The first-order valence-electron chi connectivity index (χ1n) is 6.68. The summed E-state index contributed by atoms with van der Waals surface area (Å²) in [6.07, 6.45) is 6.99. The number of aromatic nitrogens is 2. The Kier molecular flexibility index (Phi) is 5.16. The van der Waals surface area contributed by atoms with Gasteiger partial charge in [0.25, 0.3) is 0 Å². The Morgan fingerprint density at radius 3 is 3.11 bits per heavy atom. The molecule has 18 heavy (non-hydrogen) atoms. The number of aryl methyl sites for hydroxylation is 1. The first kappa shape index (κ1) is 13.5. The van der Waals surface area contributed by atoms with E-state index < -0.39 is 6.10 Å². The van der Waals surface area contributed by atoms with Crippen LogP contribution in [0.1, 0.15) is 18.4 Å². The van der Waals surface area contributed by atoms with Crippen molar-refractivity contribution in [3.63, 3.8) is 0 Å². The SMILES string of the molecule is Cn1cc(CCNCC(O)COCC2CC2)cn1. The first-order valence-corrected chi connectivity index (χ1v) is 6.68. The van der Waals surface area contributed by atoms with Crippen LogP contribution in [0, 0.1) is 5.92 Å². The molecule has 102 valence electrons. The van der Waals surface area contributed by atoms with Crippen LogP contribution in [0.2, 0.25) is 0 Å². The van der Waals surface area contributed by atoms with Gasteiger partial charge in [0.05, 0.1) is 18.9 Å². The number of nitrogens with zero attached hydrogens (tertiary/aromatic N) is 2. The molecule has 0 bridgehead atoms. The van der Waals surface area contributed by atoms with Crippen LogP contribution in [0.15, 0.2) is 12.4 Å². The van der Waals surface area contributed by atoms with Crippen molar-refractivity contribution in [1.82, 2.24) is 15.1 Å². The fraction of sp³-hybridized carbons (Fsp3) is 0.769. The molecule has 1 aromatic heterocycles. The van der Waals surface area contributed by atoms with Crippen molar-refractivity contribution in [3.8, 4) is 0 Å². The summed E-state index contributed by atoms with van der Waals surface area (Å²) in [7, 11) is 1.91. The van der Waals surface area contributed by atoms with Gasteiger partial charge in [0, 0.05) is 26.4 Å². The minimum Gasteiger partial charge on any atom is -0.389 e. The molecule has 1 fully saturated rings. The zero-order valence-corrected chi connectivity index (χ0v) is 11.0. The quantitative estimate of drug-likeness (QED) is 0.623. The van der Waals surface area contributed by atoms with Crippen LogP contribution in [-0.2, 0) is 18.2 Å². The molecule has 2 N–H and O–H groups in total. The summed E-state index contributed by atoms with van der Waals surface area (Å²) < 4.78 is 7.24. The first-order chi connectivity index (χ1) is 8.74. The number of aliphatic hydroxyl groups excluding tert-OH is 1. The third-order valence-electron chi connectivity index (χ3n) is 3.09. The topological polar surface area (TPSA) is 59.3 Å². The molecule has 0 saturated heterocycles. The van der Waals surface area contributed by atoms with E-state index in [-0.39, 0.29) is 0 Å². The van der Waals surface area contributed by atoms with E-state index >= 15 is 0 Å². The Balaban J connectivity index is 1.46. The highest BCUT2D eigenvalue weighted by Crippen LogP contribution is 2.28. The van der Waals surface area contributed by atoms with Crippen LogP contribution in [-0.4, -0.2) is 47.3 Å². The predicted octanol–water partition coefficient (Wildman–Crippen LogP) is 0.340. The van der Waals surface area contributed by atoms with Crippen LogP contribution in [0.5, 0.6) is 0 Å². The average molecular weight is 253 g/mol. The zero-order chi connectivity index (χ0) is 12.8. The van der Waals surface area contributed by atoms with Crippen molar-refractivity contribution >= 4 is 0 Å². The number of nitrogens with one attached hydrogen (secondary N) is 1. The van der Waals surface area contributed by atoms with Crippen molar-refractivity contribution in [2.75, 3.05) is 26.3 Å². The molecule has 1 saturated carbocycles. The second kappa shape index (κ2) is 6.87. The third-order valence-corrected chi connectivity index (χ3v) is 3.09. The highest BCUT2D eigenvalue weighted by molar-refractivity contribution is 5.03. The zero-order valence-electron chi connectivity index (χ0n) is 11.0. The lowest BCUT2D eigenvalue weighted by molar-refractivity contribution is 0.0327. The lowest BCUT2D eigenvalue weighted by Crippen LogP contribution is -2.31. The van der Waals surface area contributed by atoms with Gasteiger partial charge in [-0.25, -0.2) is 0 Å². The van der Waals surface area contributed by atoms with E-state index in [0.29, 0.717) is 13.2 Å². The minimum atomic E-state index is -0.405. The lowest BCUT2D eigenvalue weighted by atomic mass is 10.2. The second-order valence-corrected chi connectivity index (χ2v) is 5.11. The maximum Gasteiger partial charge on any atom is 0.0897 e. The molecule has 0 spiro atoms. The van der Waals surface area contributed by atoms with Crippen LogP contribution < -0.4 is 5.32 Å². The van der Waals surface area contributed by atoms with Crippen LogP contribution in [0.25, 0.3) is 0 Å². The van der Waals surface area contributed by atoms with Crippen molar-refractivity contribution in [2.45, 2.75) is 25.4 Å². The molecule has 1 heterocycles. The minimum absolute atomic E-state index is 0.405. The molecule has 1 atom stereocenters. The molecule has 5 nitrogen and oxygen atoms in total. The molecular weight excluding hydrogens is 230 g/mol. The predicted molar refractivity (Wildman–Crippen MR) is 69.3 cm³/mol. The molecule has 0 radical (unpaired) electrons. The molecule has 0 aliphatic heterocycles. The summed E-state index contributed by atoms with van der Waals surface area (Å²) in [5, 5.41) is 17.0. The smallest absolute Gasteiger partial charge is 0.0897 e. The monoisotopic (exact) mass is 253 g/mol. The standard InChI is InChI=1S/C13H23N3O2/c1-16-8-12(6-15-16)4-5-14-7-13(17)10-18-9-11-2-3-11/h6,8,11,13-14,17H,2-5,7,9-10H2,1H3. The van der Waals surface area contributed by atoms with Gasteiger partial charge in [-0.2, -0.15) is 5.10 Å². The van der Waals surface area contributed by atoms with Crippen molar-refractivity contribution < 1.29 is 9.84 Å². The Labute approximate surface area is 108 Å². The fourth-order valence-corrected chi connectivity index (χ4v) is 1.82. The van der Waals surface area contributed by atoms with E-state index in [1.54, 1.807) is 4.68 Å². The molecular formula is C13H23N3O2. The van der Waals surface area contributed by atoms with Gasteiger partial charge >= 0.3 is 0 Å². The van der Waals surface area contributed by atoms with Gasteiger partial charge < -0.3 is 15.2 Å². The van der Waals surface area contributed by atoms with Gasteiger partial charge in [0.15, 0.2) is 0 Å². The second-order valence-electron chi connectivity index (χ2n) is 5.11. The summed E-state index contributed by atoms with van der Waals surface area (Å²) in [4.78, 5) is 0. The Bertz CT molecular complexity index is 350. The number of ether oxygens (including phenoxy) is 1. The van der Waals surface area contributed by atoms with E-state index in [1.807, 2.05) is 19.4 Å². The van der Waals surface area contributed by atoms with Gasteiger partial charge in [0.2, 0.25) is 0 Å². The molecule has 0 amide bonds. The van der Waals surface area contributed by atoms with E-state index in [9.17, 15) is 5.11 Å². The Morgan fingerprint density at radius 1 is 1.61 bits per heavy atom. The molecule has 1 aromatic rings. The molecule has 1 unspecified atom stereocenters. The summed E-state index contributed by atoms with van der Waals surface area (Å²) in [6.45, 7) is 2.69. The summed E-state index contributed by atoms with van der Waals surface area (Å²) in [5.74, 6) is 0.760. The van der Waals surface area contributed by atoms with Gasteiger partial charge in [-0.1, -0.05) is 0 Å². The molecule has 2 rings (SSSR count). The lowest BCUT2D eigenvalue weighted by Gasteiger charge is -2.11. The van der Waals surface area contributed by atoms with E-state index in [2.05, 4.69) is 10.4 Å². The molecule has 1 aliphatic rings. The summed E-state index contributed by atoms with van der Waals surface area (Å²) in [6, 6.07) is 0. The Morgan fingerprint density at radius 2 is 2.44 bits per heavy atom. The number of hydrogen-bond acceptors (Lipinski definition) is 4. The molecule has 5 heteroatoms. The van der Waals surface area contributed by atoms with E-state index in [4.69, 9.17) is 4.74 Å². The summed E-state index contributed by atoms with van der Waals surface area (Å²) >= 11 is 0. The number of aliphatic hydroxyl groups is 1. The Hall–Kier alpha value is -0.910. The van der Waals surface area contributed by atoms with Crippen LogP contribution in [0.3, 0.4) is 0 Å². The van der Waals surface area contributed by atoms with E-state index in [0.717, 1.165) is 25.5 Å². The maximum absolute atomic E-state index is 9.68. The van der Waals surface area contributed by atoms with Gasteiger partial charge in [0.1, 0.15) is 0 Å². The highest BCUT2D eigenvalue weighted by Gasteiger charge is 2.21. The average Bonchev–Trinajstić information content (AvgIpc) is 3.07. The highest BCUT2D eigenvalue weighted by atomic mass is 16.5. The van der Waals surface area contributed by atoms with E-state index in [1.165, 1.54) is 18.4 Å². The van der Waals surface area contributed by atoms with Gasteiger partial charge in [-0.15, -0.1) is 0 Å². The maximum atomic E-state index is 9.68. The molecule has 1 aliphatic carbocycles. The largest absolute Gasteiger partial charge is 0.389 e. The number of rotatable bonds is 9. The van der Waals surface area contributed by atoms with Gasteiger partial charge in [-0.3, -0.25) is 4.68 Å².